The molecule has 2 N–H and O–H groups in total. The molecule has 0 saturated carbocycles. The third-order valence-corrected chi connectivity index (χ3v) is 7.37. The number of nitrogens with one attached hydrogen (secondary N) is 2. The summed E-state index contributed by atoms with van der Waals surface area (Å²) in [6.07, 6.45) is 1.04. The molecule has 0 fully saturated rings. The molecule has 1 aromatic heterocycles. The van der Waals surface area contributed by atoms with E-state index < -0.39 is 0 Å². The smallest absolute Gasteiger partial charge is 0.251 e. The van der Waals surface area contributed by atoms with Crippen molar-refractivity contribution in [3.8, 4) is 11.1 Å². The lowest BCUT2D eigenvalue weighted by Gasteiger charge is -2.29. The number of nitrogens with zero attached hydrogens (tertiary/aromatic N) is 2. The van der Waals surface area contributed by atoms with Gasteiger partial charge in [0.05, 0.1) is 5.52 Å². The minimum Gasteiger partial charge on any atom is -0.355 e. The summed E-state index contributed by atoms with van der Waals surface area (Å²) in [6, 6.07) is 35.1. The van der Waals surface area contributed by atoms with E-state index in [0.29, 0.717) is 12.1 Å². The van der Waals surface area contributed by atoms with Gasteiger partial charge in [0.15, 0.2) is 0 Å². The fourth-order valence-corrected chi connectivity index (χ4v) is 5.35. The monoisotopic (exact) mass is 512 g/mol. The van der Waals surface area contributed by atoms with Crippen molar-refractivity contribution in [1.82, 2.24) is 15.2 Å². The van der Waals surface area contributed by atoms with Gasteiger partial charge in [0.1, 0.15) is 0 Å². The molecular weight excluding hydrogens is 480 g/mol. The largest absolute Gasteiger partial charge is 0.355 e. The normalized spacial score (nSPS) is 13.2. The van der Waals surface area contributed by atoms with Crippen LogP contribution in [-0.2, 0) is 13.0 Å². The molecule has 0 spiro atoms. The molecule has 0 saturated heterocycles. The Labute approximate surface area is 229 Å². The Hall–Kier alpha value is -4.48. The minimum absolute atomic E-state index is 0.0572. The zero-order valence-corrected chi connectivity index (χ0v) is 22.2. The average molecular weight is 513 g/mol. The van der Waals surface area contributed by atoms with Gasteiger partial charge in [-0.1, -0.05) is 66.7 Å². The predicted octanol–water partition coefficient (Wildman–Crippen LogP) is 6.74. The number of benzene rings is 4. The number of amides is 1. The summed E-state index contributed by atoms with van der Waals surface area (Å²) < 4.78 is 0. The maximum Gasteiger partial charge on any atom is 0.251 e. The van der Waals surface area contributed by atoms with Crippen LogP contribution in [0.5, 0.6) is 0 Å². The van der Waals surface area contributed by atoms with E-state index in [-0.39, 0.29) is 5.91 Å². The van der Waals surface area contributed by atoms with E-state index in [9.17, 15) is 4.79 Å². The number of hydrogen-bond acceptors (Lipinski definition) is 4. The predicted molar refractivity (Wildman–Crippen MR) is 159 cm³/mol. The second-order valence-electron chi connectivity index (χ2n) is 10.2. The van der Waals surface area contributed by atoms with Crippen LogP contribution in [0.1, 0.15) is 27.2 Å². The van der Waals surface area contributed by atoms with Gasteiger partial charge in [-0.25, -0.2) is 0 Å². The number of anilines is 2. The highest BCUT2D eigenvalue weighted by molar-refractivity contribution is 5.96. The third-order valence-electron chi connectivity index (χ3n) is 7.37. The molecule has 2 heterocycles. The molecule has 0 aliphatic carbocycles. The van der Waals surface area contributed by atoms with Crippen LogP contribution in [0.4, 0.5) is 11.4 Å². The Morgan fingerprint density at radius 3 is 2.59 bits per heavy atom. The minimum atomic E-state index is -0.0572. The summed E-state index contributed by atoms with van der Waals surface area (Å²) in [5, 5.41) is 7.66. The second kappa shape index (κ2) is 11.1. The van der Waals surface area contributed by atoms with E-state index in [1.807, 2.05) is 61.5 Å². The van der Waals surface area contributed by atoms with Crippen molar-refractivity contribution < 1.29 is 4.79 Å². The van der Waals surface area contributed by atoms with Crippen molar-refractivity contribution in [3.63, 3.8) is 0 Å². The number of carbonyl (C=O) groups is 1. The number of aryl methyl sites for hydroxylation is 1. The Morgan fingerprint density at radius 2 is 1.69 bits per heavy atom. The maximum absolute atomic E-state index is 13.0. The molecular formula is C34H32N4O. The molecule has 0 unspecified atom stereocenters. The van der Waals surface area contributed by atoms with E-state index in [4.69, 9.17) is 0 Å². The molecule has 5 aromatic rings. The molecule has 4 aromatic carbocycles. The number of para-hydroxylation sites is 1. The van der Waals surface area contributed by atoms with Gasteiger partial charge in [-0.15, -0.1) is 0 Å². The summed E-state index contributed by atoms with van der Waals surface area (Å²) in [6.45, 7) is 5.33. The number of carbonyl (C=O) groups excluding carboxylic acids is 1. The Kier molecular flexibility index (Phi) is 7.07. The number of pyridine rings is 1. The van der Waals surface area contributed by atoms with Crippen LogP contribution >= 0.6 is 0 Å². The molecule has 194 valence electrons. The zero-order valence-electron chi connectivity index (χ0n) is 22.2. The Bertz CT molecular complexity index is 1630. The quantitative estimate of drug-likeness (QED) is 0.254. The molecule has 0 atom stereocenters. The summed E-state index contributed by atoms with van der Waals surface area (Å²) in [5.41, 5.74) is 9.71. The van der Waals surface area contributed by atoms with Crippen LogP contribution < -0.4 is 10.6 Å². The Balaban J connectivity index is 1.07. The molecule has 5 nitrogen and oxygen atoms in total. The van der Waals surface area contributed by atoms with Gasteiger partial charge in [0, 0.05) is 54.2 Å². The maximum atomic E-state index is 13.0. The fourth-order valence-electron chi connectivity index (χ4n) is 5.35. The molecule has 0 bridgehead atoms. The van der Waals surface area contributed by atoms with E-state index in [2.05, 4.69) is 69.0 Å². The van der Waals surface area contributed by atoms with Crippen molar-refractivity contribution in [2.45, 2.75) is 19.9 Å². The fraction of sp³-hybridized carbons (Fsp3) is 0.176. The number of fused-ring (bicyclic) bond motifs is 2. The molecule has 0 radical (unpaired) electrons. The summed E-state index contributed by atoms with van der Waals surface area (Å²) in [4.78, 5) is 20.0. The number of rotatable bonds is 7. The highest BCUT2D eigenvalue weighted by Gasteiger charge is 2.17. The zero-order chi connectivity index (χ0) is 26.6. The first kappa shape index (κ1) is 24.8. The van der Waals surface area contributed by atoms with Crippen molar-refractivity contribution in [2.24, 2.45) is 0 Å². The van der Waals surface area contributed by atoms with Crippen molar-refractivity contribution in [1.29, 1.82) is 0 Å². The van der Waals surface area contributed by atoms with Crippen LogP contribution in [0.3, 0.4) is 0 Å². The summed E-state index contributed by atoms with van der Waals surface area (Å²) in [5.74, 6) is -0.0572. The van der Waals surface area contributed by atoms with Crippen molar-refractivity contribution in [2.75, 3.05) is 25.0 Å². The van der Waals surface area contributed by atoms with Gasteiger partial charge in [-0.2, -0.15) is 0 Å². The lowest BCUT2D eigenvalue weighted by molar-refractivity contribution is 0.0947. The molecule has 39 heavy (non-hydrogen) atoms. The standard InChI is InChI=1S/C34H32N4O/c1-24-20-33(31-12-5-6-13-32(31)36-24)37-30-11-7-10-28(22-30)34(39)35-17-19-38-18-16-26-14-15-27(21-29(26)23-38)25-8-3-2-4-9-25/h2-15,20-22H,16-19,23H2,1H3,(H,35,39)(H,36,37). The van der Waals surface area contributed by atoms with Gasteiger partial charge >= 0.3 is 0 Å². The van der Waals surface area contributed by atoms with Crippen LogP contribution in [0, 0.1) is 6.92 Å². The molecule has 1 aliphatic rings. The molecule has 5 heteroatoms. The van der Waals surface area contributed by atoms with Crippen LogP contribution in [0.2, 0.25) is 0 Å². The van der Waals surface area contributed by atoms with Gasteiger partial charge in [-0.05, 0) is 72.0 Å². The highest BCUT2D eigenvalue weighted by Crippen LogP contribution is 2.28. The third kappa shape index (κ3) is 5.69. The van der Waals surface area contributed by atoms with Crippen LogP contribution in [0.15, 0.2) is 103 Å². The lowest BCUT2D eigenvalue weighted by atomic mass is 9.95. The summed E-state index contributed by atoms with van der Waals surface area (Å²) in [7, 11) is 0. The number of hydrogen-bond donors (Lipinski definition) is 2. The van der Waals surface area contributed by atoms with Gasteiger partial charge in [-0.3, -0.25) is 14.7 Å². The van der Waals surface area contributed by atoms with Crippen LogP contribution in [-0.4, -0.2) is 35.4 Å². The molecule has 6 rings (SSSR count). The SMILES string of the molecule is Cc1cc(Nc2cccc(C(=O)NCCN3CCc4ccc(-c5ccccc5)cc4C3)c2)c2ccccc2n1. The van der Waals surface area contributed by atoms with Crippen LogP contribution in [0.25, 0.3) is 22.0 Å². The lowest BCUT2D eigenvalue weighted by Crippen LogP contribution is -2.37. The second-order valence-corrected chi connectivity index (χ2v) is 10.2. The first-order valence-electron chi connectivity index (χ1n) is 13.5. The van der Waals surface area contributed by atoms with E-state index in [1.165, 1.54) is 22.3 Å². The summed E-state index contributed by atoms with van der Waals surface area (Å²) >= 11 is 0. The van der Waals surface area contributed by atoms with E-state index in [0.717, 1.165) is 54.0 Å². The first-order chi connectivity index (χ1) is 19.1. The average Bonchev–Trinajstić information content (AvgIpc) is 2.97. The van der Waals surface area contributed by atoms with Crippen molar-refractivity contribution >= 4 is 28.2 Å². The van der Waals surface area contributed by atoms with Crippen molar-refractivity contribution in [3.05, 3.63) is 126 Å². The Morgan fingerprint density at radius 1 is 0.846 bits per heavy atom. The molecule has 1 amide bonds. The molecule has 1 aliphatic heterocycles. The van der Waals surface area contributed by atoms with E-state index >= 15 is 0 Å². The van der Waals surface area contributed by atoms with E-state index in [1.54, 1.807) is 0 Å². The highest BCUT2D eigenvalue weighted by atomic mass is 16.1. The first-order valence-corrected chi connectivity index (χ1v) is 13.5. The van der Waals surface area contributed by atoms with Gasteiger partial charge in [0.2, 0.25) is 0 Å². The topological polar surface area (TPSA) is 57.3 Å². The van der Waals surface area contributed by atoms with Gasteiger partial charge < -0.3 is 10.6 Å². The number of aromatic nitrogens is 1. The van der Waals surface area contributed by atoms with Gasteiger partial charge in [0.25, 0.3) is 5.91 Å².